The van der Waals surface area contributed by atoms with Crippen molar-refractivity contribution >= 4 is 11.0 Å². The molecule has 0 amide bonds. The summed E-state index contributed by atoms with van der Waals surface area (Å²) in [4.78, 5) is 4.53. The molecule has 2 rings (SSSR count). The summed E-state index contributed by atoms with van der Waals surface area (Å²) in [6.07, 6.45) is 0. The minimum absolute atomic E-state index is 0.593. The molecule has 1 heterocycles. The Hall–Kier alpha value is -1.35. The Bertz CT molecular complexity index is 488. The van der Waals surface area contributed by atoms with E-state index in [0.29, 0.717) is 5.92 Å². The summed E-state index contributed by atoms with van der Waals surface area (Å²) in [7, 11) is 0. The summed E-state index contributed by atoms with van der Waals surface area (Å²) in [5.74, 6) is 1.65. The lowest BCUT2D eigenvalue weighted by Gasteiger charge is -2.09. The second-order valence-electron chi connectivity index (χ2n) is 4.77. The van der Waals surface area contributed by atoms with Crippen molar-refractivity contribution < 1.29 is 4.74 Å². The first-order chi connectivity index (χ1) is 8.18. The highest BCUT2D eigenvalue weighted by Gasteiger charge is 2.05. The lowest BCUT2D eigenvalue weighted by atomic mass is 10.2. The van der Waals surface area contributed by atoms with Gasteiger partial charge in [-0.05, 0) is 25.0 Å². The van der Waals surface area contributed by atoms with Crippen molar-refractivity contribution in [3.63, 3.8) is 0 Å². The monoisotopic (exact) mass is 232 g/mol. The quantitative estimate of drug-likeness (QED) is 0.741. The van der Waals surface area contributed by atoms with E-state index in [1.54, 1.807) is 0 Å². The van der Waals surface area contributed by atoms with Gasteiger partial charge < -0.3 is 9.30 Å². The van der Waals surface area contributed by atoms with Crippen LogP contribution in [0.5, 0.6) is 0 Å². The summed E-state index contributed by atoms with van der Waals surface area (Å²) in [5, 5.41) is 0. The van der Waals surface area contributed by atoms with Gasteiger partial charge in [0.25, 0.3) is 0 Å². The molecular weight excluding hydrogens is 212 g/mol. The SMILES string of the molecule is Cc1nc2ccccc2n1CCOCC(C)C. The maximum absolute atomic E-state index is 5.62. The van der Waals surface area contributed by atoms with Crippen LogP contribution in [-0.4, -0.2) is 22.8 Å². The Morgan fingerprint density at radius 3 is 2.82 bits per heavy atom. The van der Waals surface area contributed by atoms with Crippen molar-refractivity contribution in [2.75, 3.05) is 13.2 Å². The Morgan fingerprint density at radius 1 is 1.29 bits per heavy atom. The zero-order valence-electron chi connectivity index (χ0n) is 10.8. The zero-order chi connectivity index (χ0) is 12.3. The smallest absolute Gasteiger partial charge is 0.106 e. The number of hydrogen-bond donors (Lipinski definition) is 0. The fraction of sp³-hybridized carbons (Fsp3) is 0.500. The fourth-order valence-electron chi connectivity index (χ4n) is 1.95. The molecule has 0 fully saturated rings. The predicted octanol–water partition coefficient (Wildman–Crippen LogP) is 3.02. The van der Waals surface area contributed by atoms with Crippen molar-refractivity contribution in [1.29, 1.82) is 0 Å². The topological polar surface area (TPSA) is 27.1 Å². The van der Waals surface area contributed by atoms with Crippen LogP contribution in [0.15, 0.2) is 24.3 Å². The van der Waals surface area contributed by atoms with E-state index in [1.165, 1.54) is 5.52 Å². The molecule has 2 aromatic rings. The first kappa shape index (κ1) is 12.1. The maximum atomic E-state index is 5.62. The number of imidazole rings is 1. The predicted molar refractivity (Wildman–Crippen MR) is 70.1 cm³/mol. The Labute approximate surface area is 102 Å². The molecule has 0 bridgehead atoms. The van der Waals surface area contributed by atoms with Gasteiger partial charge in [-0.2, -0.15) is 0 Å². The summed E-state index contributed by atoms with van der Waals surface area (Å²) in [5.41, 5.74) is 2.26. The van der Waals surface area contributed by atoms with E-state index in [1.807, 2.05) is 19.1 Å². The third kappa shape index (κ3) is 2.86. The summed E-state index contributed by atoms with van der Waals surface area (Å²) in [6.45, 7) is 8.82. The Kier molecular flexibility index (Phi) is 3.79. The second-order valence-corrected chi connectivity index (χ2v) is 4.77. The molecule has 3 nitrogen and oxygen atoms in total. The lowest BCUT2D eigenvalue weighted by Crippen LogP contribution is -2.10. The first-order valence-electron chi connectivity index (χ1n) is 6.18. The summed E-state index contributed by atoms with van der Waals surface area (Å²) in [6, 6.07) is 8.23. The summed E-state index contributed by atoms with van der Waals surface area (Å²) < 4.78 is 7.84. The van der Waals surface area contributed by atoms with E-state index in [9.17, 15) is 0 Å². The van der Waals surface area contributed by atoms with Gasteiger partial charge >= 0.3 is 0 Å². The highest BCUT2D eigenvalue weighted by Crippen LogP contribution is 2.15. The fourth-order valence-corrected chi connectivity index (χ4v) is 1.95. The summed E-state index contributed by atoms with van der Waals surface area (Å²) >= 11 is 0. The number of aryl methyl sites for hydroxylation is 1. The maximum Gasteiger partial charge on any atom is 0.106 e. The van der Waals surface area contributed by atoms with Crippen LogP contribution in [0.1, 0.15) is 19.7 Å². The van der Waals surface area contributed by atoms with Gasteiger partial charge in [-0.25, -0.2) is 4.98 Å². The molecule has 17 heavy (non-hydrogen) atoms. The van der Waals surface area contributed by atoms with Gasteiger partial charge in [-0.15, -0.1) is 0 Å². The van der Waals surface area contributed by atoms with Crippen LogP contribution in [0.2, 0.25) is 0 Å². The highest BCUT2D eigenvalue weighted by atomic mass is 16.5. The lowest BCUT2D eigenvalue weighted by molar-refractivity contribution is 0.103. The number of nitrogens with zero attached hydrogens (tertiary/aromatic N) is 2. The molecule has 1 aromatic heterocycles. The Morgan fingerprint density at radius 2 is 2.06 bits per heavy atom. The standard InChI is InChI=1S/C14H20N2O/c1-11(2)10-17-9-8-16-12(3)15-13-6-4-5-7-14(13)16/h4-7,11H,8-10H2,1-3H3. The van der Waals surface area contributed by atoms with Crippen molar-refractivity contribution in [2.45, 2.75) is 27.3 Å². The molecule has 0 aliphatic rings. The second kappa shape index (κ2) is 5.32. The highest BCUT2D eigenvalue weighted by molar-refractivity contribution is 5.75. The van der Waals surface area contributed by atoms with Crippen molar-refractivity contribution in [2.24, 2.45) is 5.92 Å². The van der Waals surface area contributed by atoms with E-state index in [0.717, 1.165) is 31.1 Å². The molecule has 0 N–H and O–H groups in total. The van der Waals surface area contributed by atoms with Crippen LogP contribution in [0.3, 0.4) is 0 Å². The number of aromatic nitrogens is 2. The molecule has 0 aliphatic heterocycles. The normalized spacial score (nSPS) is 11.5. The van der Waals surface area contributed by atoms with Gasteiger partial charge in [0.1, 0.15) is 5.82 Å². The van der Waals surface area contributed by atoms with Gasteiger partial charge in [0.05, 0.1) is 17.6 Å². The average molecular weight is 232 g/mol. The van der Waals surface area contributed by atoms with Crippen molar-refractivity contribution in [3.8, 4) is 0 Å². The molecule has 0 saturated carbocycles. The number of ether oxygens (including phenoxy) is 1. The molecule has 0 radical (unpaired) electrons. The molecule has 1 aromatic carbocycles. The number of hydrogen-bond acceptors (Lipinski definition) is 2. The third-order valence-electron chi connectivity index (χ3n) is 2.76. The van der Waals surface area contributed by atoms with Gasteiger partial charge in [-0.3, -0.25) is 0 Å². The average Bonchev–Trinajstić information content (AvgIpc) is 2.60. The van der Waals surface area contributed by atoms with Crippen LogP contribution in [0.25, 0.3) is 11.0 Å². The van der Waals surface area contributed by atoms with Crippen LogP contribution in [0, 0.1) is 12.8 Å². The minimum atomic E-state index is 0.593. The molecule has 0 aliphatic carbocycles. The van der Waals surface area contributed by atoms with Crippen molar-refractivity contribution in [3.05, 3.63) is 30.1 Å². The van der Waals surface area contributed by atoms with Crippen LogP contribution in [0.4, 0.5) is 0 Å². The van der Waals surface area contributed by atoms with Crippen LogP contribution >= 0.6 is 0 Å². The molecule has 0 unspecified atom stereocenters. The van der Waals surface area contributed by atoms with Gasteiger partial charge in [0.15, 0.2) is 0 Å². The molecule has 92 valence electrons. The Balaban J connectivity index is 2.05. The van der Waals surface area contributed by atoms with E-state index in [2.05, 4.69) is 35.5 Å². The van der Waals surface area contributed by atoms with E-state index < -0.39 is 0 Å². The largest absolute Gasteiger partial charge is 0.379 e. The van der Waals surface area contributed by atoms with Gasteiger partial charge in [0.2, 0.25) is 0 Å². The van der Waals surface area contributed by atoms with E-state index in [4.69, 9.17) is 4.74 Å². The number of benzene rings is 1. The molecular formula is C14H20N2O. The van der Waals surface area contributed by atoms with Crippen molar-refractivity contribution in [1.82, 2.24) is 9.55 Å². The number of rotatable bonds is 5. The van der Waals surface area contributed by atoms with Crippen LogP contribution < -0.4 is 0 Å². The van der Waals surface area contributed by atoms with Gasteiger partial charge in [-0.1, -0.05) is 26.0 Å². The molecule has 3 heteroatoms. The van der Waals surface area contributed by atoms with E-state index in [-0.39, 0.29) is 0 Å². The number of para-hydroxylation sites is 2. The number of fused-ring (bicyclic) bond motifs is 1. The molecule has 0 spiro atoms. The minimum Gasteiger partial charge on any atom is -0.379 e. The van der Waals surface area contributed by atoms with Crippen LogP contribution in [-0.2, 0) is 11.3 Å². The first-order valence-corrected chi connectivity index (χ1v) is 6.18. The zero-order valence-corrected chi connectivity index (χ0v) is 10.8. The molecule has 0 atom stereocenters. The molecule has 0 saturated heterocycles. The third-order valence-corrected chi connectivity index (χ3v) is 2.76. The van der Waals surface area contributed by atoms with E-state index >= 15 is 0 Å². The van der Waals surface area contributed by atoms with Gasteiger partial charge in [0, 0.05) is 13.2 Å².